The van der Waals surface area contributed by atoms with Gasteiger partial charge >= 0.3 is 0 Å². The summed E-state index contributed by atoms with van der Waals surface area (Å²) in [6.45, 7) is 7.74. The fourth-order valence-corrected chi connectivity index (χ4v) is 2.68. The van der Waals surface area contributed by atoms with E-state index in [1.54, 1.807) is 29.2 Å². The molecule has 6 heteroatoms. The first-order valence-electron chi connectivity index (χ1n) is 9.23. The van der Waals surface area contributed by atoms with Gasteiger partial charge in [0.2, 0.25) is 5.91 Å². The average Bonchev–Trinajstić information content (AvgIpc) is 2.69. The smallest absolute Gasteiger partial charge is 0.253 e. The number of carbonyl (C=O) groups excluding carboxylic acids is 2. The summed E-state index contributed by atoms with van der Waals surface area (Å²) in [5.41, 5.74) is 1.96. The van der Waals surface area contributed by atoms with Gasteiger partial charge in [-0.05, 0) is 51.1 Å². The fourth-order valence-electron chi connectivity index (χ4n) is 2.68. The molecule has 2 aromatic carbocycles. The van der Waals surface area contributed by atoms with Gasteiger partial charge in [0.25, 0.3) is 5.91 Å². The van der Waals surface area contributed by atoms with Crippen LogP contribution in [0, 0.1) is 0 Å². The SMILES string of the molecule is CCOc1ccccc1NC(=O)CNc1cccc(C(=O)N(CC)CC)c1. The van der Waals surface area contributed by atoms with Gasteiger partial charge in [-0.25, -0.2) is 0 Å². The molecule has 0 saturated heterocycles. The number of anilines is 2. The first-order valence-corrected chi connectivity index (χ1v) is 9.23. The number of nitrogens with one attached hydrogen (secondary N) is 2. The van der Waals surface area contributed by atoms with Gasteiger partial charge < -0.3 is 20.3 Å². The molecule has 0 atom stereocenters. The highest BCUT2D eigenvalue weighted by molar-refractivity contribution is 5.96. The largest absolute Gasteiger partial charge is 0.492 e. The molecule has 0 saturated carbocycles. The van der Waals surface area contributed by atoms with Crippen molar-refractivity contribution in [1.82, 2.24) is 4.90 Å². The van der Waals surface area contributed by atoms with E-state index in [1.807, 2.05) is 45.0 Å². The first kappa shape index (κ1) is 20.3. The second-order valence-corrected chi connectivity index (χ2v) is 5.89. The Hall–Kier alpha value is -3.02. The zero-order valence-electron chi connectivity index (χ0n) is 16.1. The third-order valence-electron chi connectivity index (χ3n) is 4.07. The molecular weight excluding hydrogens is 342 g/mol. The number of amides is 2. The van der Waals surface area contributed by atoms with Gasteiger partial charge in [-0.15, -0.1) is 0 Å². The normalized spacial score (nSPS) is 10.2. The summed E-state index contributed by atoms with van der Waals surface area (Å²) in [6.07, 6.45) is 0. The van der Waals surface area contributed by atoms with E-state index < -0.39 is 0 Å². The Morgan fingerprint density at radius 3 is 2.44 bits per heavy atom. The van der Waals surface area contributed by atoms with E-state index in [1.165, 1.54) is 0 Å². The van der Waals surface area contributed by atoms with Crippen molar-refractivity contribution in [3.63, 3.8) is 0 Å². The molecular formula is C21H27N3O3. The lowest BCUT2D eigenvalue weighted by molar-refractivity contribution is -0.114. The van der Waals surface area contributed by atoms with Gasteiger partial charge in [0, 0.05) is 24.3 Å². The van der Waals surface area contributed by atoms with Crippen LogP contribution in [-0.4, -0.2) is 43.0 Å². The van der Waals surface area contributed by atoms with Crippen LogP contribution in [0.25, 0.3) is 0 Å². The Bertz CT molecular complexity index is 773. The van der Waals surface area contributed by atoms with Gasteiger partial charge in [-0.3, -0.25) is 9.59 Å². The highest BCUT2D eigenvalue weighted by Gasteiger charge is 2.13. The van der Waals surface area contributed by atoms with Crippen LogP contribution in [0.2, 0.25) is 0 Å². The topological polar surface area (TPSA) is 70.7 Å². The summed E-state index contributed by atoms with van der Waals surface area (Å²) >= 11 is 0. The third kappa shape index (κ3) is 5.74. The molecule has 6 nitrogen and oxygen atoms in total. The molecule has 0 spiro atoms. The Balaban J connectivity index is 1.98. The molecule has 0 fully saturated rings. The zero-order valence-corrected chi connectivity index (χ0v) is 16.1. The molecule has 0 aliphatic heterocycles. The number of carbonyl (C=O) groups is 2. The summed E-state index contributed by atoms with van der Waals surface area (Å²) in [7, 11) is 0. The lowest BCUT2D eigenvalue weighted by atomic mass is 10.1. The molecule has 0 aromatic heterocycles. The van der Waals surface area contributed by atoms with Crippen LogP contribution >= 0.6 is 0 Å². The number of hydrogen-bond donors (Lipinski definition) is 2. The molecule has 0 heterocycles. The molecule has 27 heavy (non-hydrogen) atoms. The molecule has 2 rings (SSSR count). The first-order chi connectivity index (χ1) is 13.1. The summed E-state index contributed by atoms with van der Waals surface area (Å²) in [5, 5.41) is 5.90. The number of para-hydroxylation sites is 2. The Morgan fingerprint density at radius 1 is 1.00 bits per heavy atom. The fraction of sp³-hybridized carbons (Fsp3) is 0.333. The highest BCUT2D eigenvalue weighted by Crippen LogP contribution is 2.23. The number of ether oxygens (including phenoxy) is 1. The molecule has 0 radical (unpaired) electrons. The zero-order chi connectivity index (χ0) is 19.6. The van der Waals surface area contributed by atoms with Gasteiger partial charge in [0.15, 0.2) is 0 Å². The van der Waals surface area contributed by atoms with Crippen molar-refractivity contribution < 1.29 is 14.3 Å². The third-order valence-corrected chi connectivity index (χ3v) is 4.07. The number of rotatable bonds is 9. The summed E-state index contributed by atoms with van der Waals surface area (Å²) < 4.78 is 5.51. The van der Waals surface area contributed by atoms with Crippen LogP contribution in [0.5, 0.6) is 5.75 Å². The standard InChI is InChI=1S/C21H27N3O3/c1-4-24(5-2)21(26)16-10-9-11-17(14-16)22-15-20(25)23-18-12-7-8-13-19(18)27-6-3/h7-14,22H,4-6,15H2,1-3H3,(H,23,25). The molecule has 0 aliphatic carbocycles. The lowest BCUT2D eigenvalue weighted by Crippen LogP contribution is -2.30. The molecule has 144 valence electrons. The van der Waals surface area contributed by atoms with Gasteiger partial charge in [0.05, 0.1) is 18.8 Å². The number of nitrogens with zero attached hydrogens (tertiary/aromatic N) is 1. The van der Waals surface area contributed by atoms with Crippen LogP contribution in [0.3, 0.4) is 0 Å². The maximum atomic E-state index is 12.4. The van der Waals surface area contributed by atoms with Crippen LogP contribution < -0.4 is 15.4 Å². The summed E-state index contributed by atoms with van der Waals surface area (Å²) in [5.74, 6) is 0.432. The van der Waals surface area contributed by atoms with Crippen LogP contribution in [0.4, 0.5) is 11.4 Å². The van der Waals surface area contributed by atoms with Gasteiger partial charge in [0.1, 0.15) is 5.75 Å². The van der Waals surface area contributed by atoms with Crippen molar-refractivity contribution in [2.45, 2.75) is 20.8 Å². The molecule has 2 amide bonds. The second-order valence-electron chi connectivity index (χ2n) is 5.89. The highest BCUT2D eigenvalue weighted by atomic mass is 16.5. The van der Waals surface area contributed by atoms with Crippen LogP contribution in [0.1, 0.15) is 31.1 Å². The molecule has 2 aromatic rings. The predicted octanol–water partition coefficient (Wildman–Crippen LogP) is 3.62. The van der Waals surface area contributed by atoms with Gasteiger partial charge in [-0.1, -0.05) is 18.2 Å². The monoisotopic (exact) mass is 369 g/mol. The van der Waals surface area contributed by atoms with Crippen LogP contribution in [-0.2, 0) is 4.79 Å². The van der Waals surface area contributed by atoms with E-state index in [0.717, 1.165) is 5.69 Å². The molecule has 0 bridgehead atoms. The van der Waals surface area contributed by atoms with Gasteiger partial charge in [-0.2, -0.15) is 0 Å². The van der Waals surface area contributed by atoms with Crippen molar-refractivity contribution in [3.8, 4) is 5.75 Å². The van der Waals surface area contributed by atoms with E-state index >= 15 is 0 Å². The molecule has 0 aliphatic rings. The predicted molar refractivity (Wildman–Crippen MR) is 108 cm³/mol. The number of hydrogen-bond acceptors (Lipinski definition) is 4. The van der Waals surface area contributed by atoms with Crippen LogP contribution in [0.15, 0.2) is 48.5 Å². The maximum Gasteiger partial charge on any atom is 0.253 e. The van der Waals surface area contributed by atoms with Crippen molar-refractivity contribution in [2.75, 3.05) is 36.9 Å². The minimum absolute atomic E-state index is 0.0151. The quantitative estimate of drug-likeness (QED) is 0.708. The minimum Gasteiger partial charge on any atom is -0.492 e. The van der Waals surface area contributed by atoms with Crippen molar-refractivity contribution in [3.05, 3.63) is 54.1 Å². The van der Waals surface area contributed by atoms with Crippen molar-refractivity contribution in [2.24, 2.45) is 0 Å². The molecule has 0 unspecified atom stereocenters. The van der Waals surface area contributed by atoms with E-state index in [4.69, 9.17) is 4.74 Å². The Labute approximate surface area is 160 Å². The van der Waals surface area contributed by atoms with E-state index in [2.05, 4.69) is 10.6 Å². The average molecular weight is 369 g/mol. The summed E-state index contributed by atoms with van der Waals surface area (Å²) in [6, 6.07) is 14.5. The Kier molecular flexibility index (Phi) is 7.67. The van der Waals surface area contributed by atoms with Crippen molar-refractivity contribution >= 4 is 23.2 Å². The lowest BCUT2D eigenvalue weighted by Gasteiger charge is -2.19. The van der Waals surface area contributed by atoms with E-state index in [0.29, 0.717) is 36.7 Å². The minimum atomic E-state index is -0.192. The second kappa shape index (κ2) is 10.2. The molecule has 2 N–H and O–H groups in total. The summed E-state index contributed by atoms with van der Waals surface area (Å²) in [4.78, 5) is 26.5. The van der Waals surface area contributed by atoms with E-state index in [9.17, 15) is 9.59 Å². The van der Waals surface area contributed by atoms with Crippen molar-refractivity contribution in [1.29, 1.82) is 0 Å². The van der Waals surface area contributed by atoms with E-state index in [-0.39, 0.29) is 18.4 Å². The Morgan fingerprint density at radius 2 is 1.74 bits per heavy atom. The number of benzene rings is 2. The maximum absolute atomic E-state index is 12.4.